The van der Waals surface area contributed by atoms with Crippen molar-refractivity contribution in [3.05, 3.63) is 29.3 Å². The fraction of sp³-hybridized carbons (Fsp3) is 0.533. The molecule has 1 aliphatic rings. The number of piperidine rings is 1. The van der Waals surface area contributed by atoms with Crippen LogP contribution >= 0.6 is 0 Å². The molecule has 1 aromatic carbocycles. The molecule has 132 valence electrons. The summed E-state index contributed by atoms with van der Waals surface area (Å²) in [4.78, 5) is -0.451. The van der Waals surface area contributed by atoms with E-state index in [-0.39, 0.29) is 25.0 Å². The van der Waals surface area contributed by atoms with Gasteiger partial charge in [0, 0.05) is 19.1 Å². The van der Waals surface area contributed by atoms with Crippen molar-refractivity contribution in [2.24, 2.45) is 11.7 Å². The van der Waals surface area contributed by atoms with Crippen LogP contribution in [0.25, 0.3) is 0 Å². The second kappa shape index (κ2) is 6.70. The highest BCUT2D eigenvalue weighted by molar-refractivity contribution is 7.89. The predicted octanol–water partition coefficient (Wildman–Crippen LogP) is 2.32. The van der Waals surface area contributed by atoms with E-state index in [9.17, 15) is 21.6 Å². The zero-order chi connectivity index (χ0) is 18.1. The summed E-state index contributed by atoms with van der Waals surface area (Å²) in [5.74, 6) is 0.197. The summed E-state index contributed by atoms with van der Waals surface area (Å²) in [6, 6.07) is 3.85. The molecular formula is C15H18F3N3O2S. The van der Waals surface area contributed by atoms with Crippen LogP contribution < -0.4 is 5.73 Å². The van der Waals surface area contributed by atoms with Crippen molar-refractivity contribution in [2.75, 3.05) is 13.1 Å². The van der Waals surface area contributed by atoms with Gasteiger partial charge in [-0.25, -0.2) is 8.42 Å². The second-order valence-electron chi connectivity index (χ2n) is 5.92. The van der Waals surface area contributed by atoms with Crippen molar-refractivity contribution in [1.29, 1.82) is 5.26 Å². The van der Waals surface area contributed by atoms with E-state index < -0.39 is 32.2 Å². The maximum Gasteiger partial charge on any atom is 0.417 e. The lowest BCUT2D eigenvalue weighted by Crippen LogP contribution is -2.42. The molecule has 1 aliphatic heterocycles. The Balaban J connectivity index is 2.33. The summed E-state index contributed by atoms with van der Waals surface area (Å²) in [5.41, 5.74) is 3.97. The van der Waals surface area contributed by atoms with Gasteiger partial charge in [-0.1, -0.05) is 0 Å². The Labute approximate surface area is 138 Å². The largest absolute Gasteiger partial charge is 0.417 e. The van der Waals surface area contributed by atoms with Crippen molar-refractivity contribution in [2.45, 2.75) is 36.9 Å². The molecule has 5 nitrogen and oxygen atoms in total. The molecule has 2 N–H and O–H groups in total. The molecule has 1 atom stereocenters. The van der Waals surface area contributed by atoms with Crippen LogP contribution in [0.5, 0.6) is 0 Å². The van der Waals surface area contributed by atoms with E-state index in [0.29, 0.717) is 18.9 Å². The van der Waals surface area contributed by atoms with Gasteiger partial charge >= 0.3 is 6.18 Å². The first-order valence-electron chi connectivity index (χ1n) is 7.44. The van der Waals surface area contributed by atoms with E-state index in [0.717, 1.165) is 12.1 Å². The zero-order valence-electron chi connectivity index (χ0n) is 13.0. The van der Waals surface area contributed by atoms with Gasteiger partial charge in [-0.2, -0.15) is 22.7 Å². The Morgan fingerprint density at radius 3 is 2.38 bits per heavy atom. The topological polar surface area (TPSA) is 87.2 Å². The molecule has 1 fully saturated rings. The van der Waals surface area contributed by atoms with Gasteiger partial charge in [0.05, 0.1) is 22.1 Å². The van der Waals surface area contributed by atoms with E-state index in [1.54, 1.807) is 0 Å². The minimum absolute atomic E-state index is 0.0541. The number of sulfonamides is 1. The molecule has 1 aromatic rings. The summed E-state index contributed by atoms with van der Waals surface area (Å²) in [6.07, 6.45) is -3.66. The number of hydrogen-bond acceptors (Lipinski definition) is 4. The second-order valence-corrected chi connectivity index (χ2v) is 7.86. The predicted molar refractivity (Wildman–Crippen MR) is 81.3 cm³/mol. The van der Waals surface area contributed by atoms with E-state index in [1.165, 1.54) is 10.4 Å². The molecule has 24 heavy (non-hydrogen) atoms. The van der Waals surface area contributed by atoms with Crippen LogP contribution in [0.2, 0.25) is 0 Å². The number of nitriles is 1. The van der Waals surface area contributed by atoms with Crippen LogP contribution in [-0.2, 0) is 16.2 Å². The summed E-state index contributed by atoms with van der Waals surface area (Å²) < 4.78 is 65.4. The van der Waals surface area contributed by atoms with Crippen LogP contribution in [0.4, 0.5) is 13.2 Å². The van der Waals surface area contributed by atoms with Gasteiger partial charge in [-0.3, -0.25) is 0 Å². The fourth-order valence-corrected chi connectivity index (χ4v) is 4.30. The van der Waals surface area contributed by atoms with Crippen LogP contribution in [-0.4, -0.2) is 31.9 Å². The maximum absolute atomic E-state index is 13.0. The van der Waals surface area contributed by atoms with Gasteiger partial charge < -0.3 is 5.73 Å². The molecule has 0 spiro atoms. The van der Waals surface area contributed by atoms with Crippen molar-refractivity contribution in [3.63, 3.8) is 0 Å². The van der Waals surface area contributed by atoms with Crippen LogP contribution in [0.15, 0.2) is 23.1 Å². The van der Waals surface area contributed by atoms with Gasteiger partial charge in [0.15, 0.2) is 0 Å². The van der Waals surface area contributed by atoms with Crippen molar-refractivity contribution in [3.8, 4) is 6.07 Å². The highest BCUT2D eigenvalue weighted by Gasteiger charge is 2.36. The molecule has 1 heterocycles. The first kappa shape index (κ1) is 18.7. The van der Waals surface area contributed by atoms with Gasteiger partial charge in [0.2, 0.25) is 10.0 Å². The minimum atomic E-state index is -4.79. The average Bonchev–Trinajstić information content (AvgIpc) is 2.53. The molecule has 0 aliphatic carbocycles. The molecule has 0 aromatic heterocycles. The van der Waals surface area contributed by atoms with E-state index in [4.69, 9.17) is 11.0 Å². The first-order chi connectivity index (χ1) is 11.1. The Bertz CT molecular complexity index is 746. The fourth-order valence-electron chi connectivity index (χ4n) is 2.81. The smallest absolute Gasteiger partial charge is 0.328 e. The standard InChI is InChI=1S/C15H18F3N3O2S/c1-10(20)11-4-6-21(7-5-11)24(22,23)13-3-2-12(9-19)14(8-13)15(16,17)18/h2-3,8,10-11H,4-7,20H2,1H3. The van der Waals surface area contributed by atoms with Gasteiger partial charge in [0.1, 0.15) is 0 Å². The maximum atomic E-state index is 13.0. The van der Waals surface area contributed by atoms with Gasteiger partial charge in [-0.15, -0.1) is 0 Å². The summed E-state index contributed by atoms with van der Waals surface area (Å²) in [6.45, 7) is 2.29. The number of alkyl halides is 3. The molecule has 9 heteroatoms. The van der Waals surface area contributed by atoms with E-state index in [1.807, 2.05) is 6.92 Å². The number of halogens is 3. The molecule has 1 saturated heterocycles. The van der Waals surface area contributed by atoms with Crippen molar-refractivity contribution < 1.29 is 21.6 Å². The monoisotopic (exact) mass is 361 g/mol. The van der Waals surface area contributed by atoms with E-state index >= 15 is 0 Å². The number of hydrogen-bond donors (Lipinski definition) is 1. The van der Waals surface area contributed by atoms with Crippen molar-refractivity contribution in [1.82, 2.24) is 4.31 Å². The number of nitrogens with zero attached hydrogens (tertiary/aromatic N) is 2. The average molecular weight is 361 g/mol. The zero-order valence-corrected chi connectivity index (χ0v) is 13.9. The molecule has 2 rings (SSSR count). The lowest BCUT2D eigenvalue weighted by molar-refractivity contribution is -0.137. The molecular weight excluding hydrogens is 343 g/mol. The number of nitrogens with two attached hydrogens (primary N) is 1. The Morgan fingerprint density at radius 2 is 1.92 bits per heavy atom. The van der Waals surface area contributed by atoms with Crippen molar-refractivity contribution >= 4 is 10.0 Å². The van der Waals surface area contributed by atoms with E-state index in [2.05, 4.69) is 0 Å². The molecule has 0 radical (unpaired) electrons. The normalized spacial score (nSPS) is 19.0. The lowest BCUT2D eigenvalue weighted by Gasteiger charge is -2.33. The van der Waals surface area contributed by atoms with Gasteiger partial charge in [-0.05, 0) is 43.9 Å². The lowest BCUT2D eigenvalue weighted by atomic mass is 9.92. The minimum Gasteiger partial charge on any atom is -0.328 e. The Hall–Kier alpha value is -1.63. The summed E-state index contributed by atoms with van der Waals surface area (Å²) in [5, 5.41) is 8.78. The summed E-state index contributed by atoms with van der Waals surface area (Å²) >= 11 is 0. The number of benzene rings is 1. The third-order valence-corrected chi connectivity index (χ3v) is 6.19. The third kappa shape index (κ3) is 3.71. The third-order valence-electron chi connectivity index (χ3n) is 4.30. The molecule has 0 bridgehead atoms. The highest BCUT2D eigenvalue weighted by atomic mass is 32.2. The van der Waals surface area contributed by atoms with Crippen LogP contribution in [0.1, 0.15) is 30.9 Å². The van der Waals surface area contributed by atoms with Crippen LogP contribution in [0, 0.1) is 17.2 Å². The van der Waals surface area contributed by atoms with Gasteiger partial charge in [0.25, 0.3) is 0 Å². The molecule has 1 unspecified atom stereocenters. The Morgan fingerprint density at radius 1 is 1.33 bits per heavy atom. The quantitative estimate of drug-likeness (QED) is 0.895. The Kier molecular flexibility index (Phi) is 5.22. The highest BCUT2D eigenvalue weighted by Crippen LogP contribution is 2.34. The first-order valence-corrected chi connectivity index (χ1v) is 8.88. The SMILES string of the molecule is CC(N)C1CCN(S(=O)(=O)c2ccc(C#N)c(C(F)(F)F)c2)CC1. The number of rotatable bonds is 3. The molecule has 0 amide bonds. The summed E-state index contributed by atoms with van der Waals surface area (Å²) in [7, 11) is -4.04. The molecule has 0 saturated carbocycles. The van der Waals surface area contributed by atoms with Crippen LogP contribution in [0.3, 0.4) is 0 Å².